The van der Waals surface area contributed by atoms with Crippen LogP contribution in [0.3, 0.4) is 0 Å². The molecule has 0 saturated carbocycles. The molecule has 1 amide bonds. The molecule has 1 fully saturated rings. The quantitative estimate of drug-likeness (QED) is 0.649. The highest BCUT2D eigenvalue weighted by Gasteiger charge is 2.18. The third-order valence-electron chi connectivity index (χ3n) is 5.26. The number of amides is 1. The summed E-state index contributed by atoms with van der Waals surface area (Å²) in [4.78, 5) is 21.5. The van der Waals surface area contributed by atoms with Gasteiger partial charge in [0, 0.05) is 55.8 Å². The number of piperazine rings is 1. The van der Waals surface area contributed by atoms with Crippen LogP contribution in [0.5, 0.6) is 0 Å². The molecule has 0 radical (unpaired) electrons. The van der Waals surface area contributed by atoms with Crippen LogP contribution in [0.4, 0.5) is 9.52 Å². The predicted octanol–water partition coefficient (Wildman–Crippen LogP) is 4.02. The molecular formula is C23H25FN4OS. The minimum absolute atomic E-state index is 0.0965. The lowest BCUT2D eigenvalue weighted by Gasteiger charge is -2.27. The van der Waals surface area contributed by atoms with Crippen molar-refractivity contribution in [2.75, 3.05) is 37.6 Å². The maximum Gasteiger partial charge on any atom is 0.253 e. The van der Waals surface area contributed by atoms with Crippen LogP contribution in [0.1, 0.15) is 22.8 Å². The van der Waals surface area contributed by atoms with Gasteiger partial charge in [0.05, 0.1) is 5.69 Å². The maximum atomic E-state index is 13.2. The molecule has 0 aliphatic carbocycles. The number of carbonyl (C=O) groups excluding carboxylic acids is 1. The van der Waals surface area contributed by atoms with Crippen molar-refractivity contribution in [2.45, 2.75) is 13.5 Å². The van der Waals surface area contributed by atoms with E-state index in [1.54, 1.807) is 23.5 Å². The molecule has 1 aliphatic rings. The van der Waals surface area contributed by atoms with Gasteiger partial charge in [-0.3, -0.25) is 4.79 Å². The van der Waals surface area contributed by atoms with Gasteiger partial charge < -0.3 is 15.1 Å². The lowest BCUT2D eigenvalue weighted by Crippen LogP contribution is -2.46. The summed E-state index contributed by atoms with van der Waals surface area (Å²) in [5.74, 6) is -0.150. The van der Waals surface area contributed by atoms with Crippen LogP contribution in [-0.4, -0.2) is 48.5 Å². The number of nitrogens with zero attached hydrogens (tertiary/aromatic N) is 3. The largest absolute Gasteiger partial charge is 0.344 e. The zero-order valence-corrected chi connectivity index (χ0v) is 17.8. The summed E-state index contributed by atoms with van der Waals surface area (Å²) in [5, 5.41) is 6.20. The average Bonchev–Trinajstić information content (AvgIpc) is 3.28. The summed E-state index contributed by atoms with van der Waals surface area (Å²) in [7, 11) is 0. The van der Waals surface area contributed by atoms with Gasteiger partial charge in [-0.25, -0.2) is 9.37 Å². The van der Waals surface area contributed by atoms with Crippen LogP contribution in [0.2, 0.25) is 0 Å². The van der Waals surface area contributed by atoms with Crippen molar-refractivity contribution in [3.8, 4) is 11.3 Å². The van der Waals surface area contributed by atoms with Gasteiger partial charge in [0.25, 0.3) is 5.91 Å². The van der Waals surface area contributed by atoms with E-state index in [-0.39, 0.29) is 11.7 Å². The number of carbonyl (C=O) groups is 1. The first-order valence-electron chi connectivity index (χ1n) is 10.2. The minimum atomic E-state index is -0.247. The number of thiazole rings is 1. The van der Waals surface area contributed by atoms with E-state index in [0.717, 1.165) is 66.8 Å². The Bertz CT molecular complexity index is 981. The zero-order chi connectivity index (χ0) is 20.9. The molecule has 0 spiro atoms. The summed E-state index contributed by atoms with van der Waals surface area (Å²) < 4.78 is 13.2. The van der Waals surface area contributed by atoms with E-state index in [1.807, 2.05) is 34.5 Å². The molecule has 2 aromatic carbocycles. The molecule has 1 N–H and O–H groups in total. The smallest absolute Gasteiger partial charge is 0.253 e. The normalized spacial score (nSPS) is 14.0. The molecule has 5 nitrogen and oxygen atoms in total. The lowest BCUT2D eigenvalue weighted by molar-refractivity contribution is 0.0736. The number of aromatic nitrogens is 1. The number of rotatable bonds is 6. The average molecular weight is 425 g/mol. The molecule has 156 valence electrons. The van der Waals surface area contributed by atoms with Crippen molar-refractivity contribution in [2.24, 2.45) is 0 Å². The van der Waals surface area contributed by atoms with Crippen LogP contribution >= 0.6 is 11.3 Å². The van der Waals surface area contributed by atoms with Crippen LogP contribution in [0.15, 0.2) is 53.9 Å². The van der Waals surface area contributed by atoms with Gasteiger partial charge in [-0.2, -0.15) is 0 Å². The Kier molecular flexibility index (Phi) is 6.40. The Labute approximate surface area is 180 Å². The monoisotopic (exact) mass is 424 g/mol. The Balaban J connectivity index is 1.43. The number of nitrogens with one attached hydrogen (secondary N) is 1. The third kappa shape index (κ3) is 4.68. The van der Waals surface area contributed by atoms with Crippen LogP contribution in [0.25, 0.3) is 11.3 Å². The first-order valence-corrected chi connectivity index (χ1v) is 11.1. The molecule has 0 bridgehead atoms. The van der Waals surface area contributed by atoms with Gasteiger partial charge in [0.2, 0.25) is 0 Å². The summed E-state index contributed by atoms with van der Waals surface area (Å²) in [6.07, 6.45) is 0. The van der Waals surface area contributed by atoms with Crippen molar-refractivity contribution >= 4 is 22.4 Å². The Morgan fingerprint density at radius 1 is 1.13 bits per heavy atom. The van der Waals surface area contributed by atoms with Gasteiger partial charge in [-0.1, -0.05) is 12.1 Å². The Morgan fingerprint density at radius 2 is 1.83 bits per heavy atom. The number of anilines is 1. The van der Waals surface area contributed by atoms with E-state index in [1.165, 1.54) is 12.1 Å². The van der Waals surface area contributed by atoms with E-state index in [2.05, 4.69) is 17.1 Å². The molecule has 1 saturated heterocycles. The fraction of sp³-hybridized carbons (Fsp3) is 0.304. The molecule has 4 rings (SSSR count). The maximum absolute atomic E-state index is 13.2. The van der Waals surface area contributed by atoms with Gasteiger partial charge in [0.1, 0.15) is 5.82 Å². The third-order valence-corrected chi connectivity index (χ3v) is 6.16. The van der Waals surface area contributed by atoms with Gasteiger partial charge in [0.15, 0.2) is 5.13 Å². The highest BCUT2D eigenvalue weighted by atomic mass is 32.1. The molecule has 0 unspecified atom stereocenters. The van der Waals surface area contributed by atoms with Crippen LogP contribution in [-0.2, 0) is 6.54 Å². The number of hydrogen-bond donors (Lipinski definition) is 1. The molecule has 1 aliphatic heterocycles. The summed E-state index contributed by atoms with van der Waals surface area (Å²) >= 11 is 1.58. The topological polar surface area (TPSA) is 48.5 Å². The van der Waals surface area contributed by atoms with Gasteiger partial charge in [-0.15, -0.1) is 11.3 Å². The second-order valence-electron chi connectivity index (χ2n) is 7.28. The zero-order valence-electron chi connectivity index (χ0n) is 17.0. The van der Waals surface area contributed by atoms with E-state index < -0.39 is 0 Å². The Morgan fingerprint density at radius 3 is 2.50 bits per heavy atom. The van der Waals surface area contributed by atoms with Crippen molar-refractivity contribution in [1.29, 1.82) is 0 Å². The summed E-state index contributed by atoms with van der Waals surface area (Å²) in [6, 6.07) is 14.3. The molecule has 30 heavy (non-hydrogen) atoms. The number of benzene rings is 2. The molecule has 2 heterocycles. The van der Waals surface area contributed by atoms with Crippen molar-refractivity contribution in [1.82, 2.24) is 15.2 Å². The highest BCUT2D eigenvalue weighted by Crippen LogP contribution is 2.28. The molecule has 7 heteroatoms. The summed E-state index contributed by atoms with van der Waals surface area (Å²) in [5.41, 5.74) is 3.62. The fourth-order valence-electron chi connectivity index (χ4n) is 3.50. The van der Waals surface area contributed by atoms with E-state index in [0.29, 0.717) is 0 Å². The standard InChI is InChI=1S/C23H25FN4OS/c1-2-27(23-26-21(16-30-23)18-7-9-20(24)10-8-18)15-17-3-5-19(6-4-17)22(29)28-13-11-25-12-14-28/h3-10,16,25H,2,11-15H2,1H3. The SMILES string of the molecule is CCN(Cc1ccc(C(=O)N2CCNCC2)cc1)c1nc(-c2ccc(F)cc2)cs1. The first-order chi connectivity index (χ1) is 14.6. The van der Waals surface area contributed by atoms with Crippen LogP contribution in [0, 0.1) is 5.82 Å². The van der Waals surface area contributed by atoms with Gasteiger partial charge >= 0.3 is 0 Å². The van der Waals surface area contributed by atoms with E-state index in [4.69, 9.17) is 4.98 Å². The second kappa shape index (κ2) is 9.36. The Hall–Kier alpha value is -2.77. The van der Waals surface area contributed by atoms with Crippen LogP contribution < -0.4 is 10.2 Å². The first kappa shape index (κ1) is 20.5. The predicted molar refractivity (Wildman–Crippen MR) is 119 cm³/mol. The van der Waals surface area contributed by atoms with Gasteiger partial charge in [-0.05, 0) is 48.9 Å². The number of halogens is 1. The minimum Gasteiger partial charge on any atom is -0.344 e. The fourth-order valence-corrected chi connectivity index (χ4v) is 4.40. The number of hydrogen-bond acceptors (Lipinski definition) is 5. The highest BCUT2D eigenvalue weighted by molar-refractivity contribution is 7.14. The van der Waals surface area contributed by atoms with Crippen molar-refractivity contribution in [3.63, 3.8) is 0 Å². The molecule has 3 aromatic rings. The lowest BCUT2D eigenvalue weighted by atomic mass is 10.1. The molecule has 1 aromatic heterocycles. The summed E-state index contributed by atoms with van der Waals surface area (Å²) in [6.45, 7) is 6.84. The van der Waals surface area contributed by atoms with Crippen molar-refractivity contribution in [3.05, 3.63) is 70.9 Å². The van der Waals surface area contributed by atoms with Crippen molar-refractivity contribution < 1.29 is 9.18 Å². The molecule has 0 atom stereocenters. The van der Waals surface area contributed by atoms with E-state index >= 15 is 0 Å². The molecular weight excluding hydrogens is 399 g/mol. The van der Waals surface area contributed by atoms with E-state index in [9.17, 15) is 9.18 Å². The second-order valence-corrected chi connectivity index (χ2v) is 8.11.